The molecule has 0 aliphatic heterocycles. The van der Waals surface area contributed by atoms with Crippen LogP contribution in [0.5, 0.6) is 0 Å². The molecule has 16 heavy (non-hydrogen) atoms. The molecule has 0 saturated carbocycles. The van der Waals surface area contributed by atoms with Gasteiger partial charge < -0.3 is 10.1 Å². The zero-order chi connectivity index (χ0) is 12.0. The molecule has 0 aromatic heterocycles. The van der Waals surface area contributed by atoms with Crippen molar-refractivity contribution in [1.29, 1.82) is 0 Å². The van der Waals surface area contributed by atoms with Crippen LogP contribution in [0.3, 0.4) is 0 Å². The van der Waals surface area contributed by atoms with Crippen LogP contribution in [-0.2, 0) is 9.53 Å². The zero-order valence-electron chi connectivity index (χ0n) is 9.50. The largest absolute Gasteiger partial charge is 0.465 e. The molecule has 0 unspecified atom stereocenters. The van der Waals surface area contributed by atoms with Crippen molar-refractivity contribution in [1.82, 2.24) is 5.32 Å². The highest BCUT2D eigenvalue weighted by Crippen LogP contribution is 2.21. The fourth-order valence-corrected chi connectivity index (χ4v) is 1.68. The van der Waals surface area contributed by atoms with Gasteiger partial charge in [0.2, 0.25) is 0 Å². The molecule has 0 fully saturated rings. The first-order valence-electron chi connectivity index (χ1n) is 5.28. The number of hydrogen-bond donors (Lipinski definition) is 1. The first kappa shape index (κ1) is 13.0. The molecule has 0 amide bonds. The molecule has 0 bridgehead atoms. The lowest BCUT2D eigenvalue weighted by molar-refractivity contribution is -0.142. The Kier molecular flexibility index (Phi) is 5.29. The van der Waals surface area contributed by atoms with Gasteiger partial charge in [0.1, 0.15) is 0 Å². The number of benzene rings is 1. The molecule has 1 aromatic rings. The maximum atomic E-state index is 11.1. The van der Waals surface area contributed by atoms with E-state index < -0.39 is 0 Å². The van der Waals surface area contributed by atoms with Crippen LogP contribution in [0.1, 0.15) is 25.5 Å². The molecule has 0 heterocycles. The van der Waals surface area contributed by atoms with Gasteiger partial charge in [-0.25, -0.2) is 0 Å². The van der Waals surface area contributed by atoms with Crippen molar-refractivity contribution in [3.8, 4) is 0 Å². The molecule has 0 aliphatic rings. The monoisotopic (exact) mass is 241 g/mol. The first-order chi connectivity index (χ1) is 7.65. The van der Waals surface area contributed by atoms with Crippen LogP contribution >= 0.6 is 11.6 Å². The molecule has 88 valence electrons. The number of ether oxygens (including phenoxy) is 1. The van der Waals surface area contributed by atoms with Gasteiger partial charge in [-0.2, -0.15) is 0 Å². The standard InChI is InChI=1S/C12H16ClNO2/c1-3-16-12(15)8-14-9(2)10-6-4-5-7-11(10)13/h4-7,9,14H,3,8H2,1-2H3/t9-/m1/s1. The highest BCUT2D eigenvalue weighted by atomic mass is 35.5. The van der Waals surface area contributed by atoms with E-state index in [2.05, 4.69) is 5.32 Å². The minimum Gasteiger partial charge on any atom is -0.465 e. The minimum atomic E-state index is -0.249. The van der Waals surface area contributed by atoms with E-state index in [0.717, 1.165) is 5.56 Å². The maximum absolute atomic E-state index is 11.1. The summed E-state index contributed by atoms with van der Waals surface area (Å²) in [4.78, 5) is 11.1. The topological polar surface area (TPSA) is 38.3 Å². The molecule has 1 N–H and O–H groups in total. The van der Waals surface area contributed by atoms with E-state index in [9.17, 15) is 4.79 Å². The van der Waals surface area contributed by atoms with Crippen LogP contribution in [0.4, 0.5) is 0 Å². The van der Waals surface area contributed by atoms with Crippen LogP contribution in [-0.4, -0.2) is 19.1 Å². The second-order valence-electron chi connectivity index (χ2n) is 3.43. The molecular weight excluding hydrogens is 226 g/mol. The molecule has 1 rings (SSSR count). The van der Waals surface area contributed by atoms with Crippen molar-refractivity contribution in [3.63, 3.8) is 0 Å². The predicted octanol–water partition coefficient (Wildman–Crippen LogP) is 2.55. The van der Waals surface area contributed by atoms with E-state index >= 15 is 0 Å². The summed E-state index contributed by atoms with van der Waals surface area (Å²) in [7, 11) is 0. The first-order valence-corrected chi connectivity index (χ1v) is 5.66. The Hall–Kier alpha value is -1.06. The van der Waals surface area contributed by atoms with Gasteiger partial charge in [0, 0.05) is 11.1 Å². The summed E-state index contributed by atoms with van der Waals surface area (Å²) in [6.45, 7) is 4.34. The van der Waals surface area contributed by atoms with E-state index in [1.54, 1.807) is 6.92 Å². The maximum Gasteiger partial charge on any atom is 0.319 e. The molecule has 0 aliphatic carbocycles. The Morgan fingerprint density at radius 1 is 1.50 bits per heavy atom. The van der Waals surface area contributed by atoms with E-state index in [1.165, 1.54) is 0 Å². The van der Waals surface area contributed by atoms with Crippen LogP contribution in [0.2, 0.25) is 5.02 Å². The molecule has 0 radical (unpaired) electrons. The van der Waals surface area contributed by atoms with Gasteiger partial charge in [-0.1, -0.05) is 29.8 Å². The Bertz CT molecular complexity index is 355. The highest BCUT2D eigenvalue weighted by Gasteiger charge is 2.10. The summed E-state index contributed by atoms with van der Waals surface area (Å²) in [5.74, 6) is -0.249. The van der Waals surface area contributed by atoms with E-state index in [1.807, 2.05) is 31.2 Å². The molecule has 0 saturated heterocycles. The normalized spacial score (nSPS) is 12.2. The quantitative estimate of drug-likeness (QED) is 0.806. The second kappa shape index (κ2) is 6.51. The van der Waals surface area contributed by atoms with Crippen LogP contribution in [0.25, 0.3) is 0 Å². The smallest absolute Gasteiger partial charge is 0.319 e. The number of hydrogen-bond acceptors (Lipinski definition) is 3. The van der Waals surface area contributed by atoms with E-state index in [0.29, 0.717) is 11.6 Å². The van der Waals surface area contributed by atoms with Crippen molar-refractivity contribution in [2.24, 2.45) is 0 Å². The molecule has 3 nitrogen and oxygen atoms in total. The summed E-state index contributed by atoms with van der Waals surface area (Å²) in [5, 5.41) is 3.77. The number of rotatable bonds is 5. The van der Waals surface area contributed by atoms with E-state index in [-0.39, 0.29) is 18.6 Å². The third-order valence-electron chi connectivity index (χ3n) is 2.23. The lowest BCUT2D eigenvalue weighted by Crippen LogP contribution is -2.27. The molecule has 4 heteroatoms. The number of carbonyl (C=O) groups excluding carboxylic acids is 1. The predicted molar refractivity (Wildman–Crippen MR) is 64.5 cm³/mol. The van der Waals surface area contributed by atoms with Crippen LogP contribution in [0.15, 0.2) is 24.3 Å². The van der Waals surface area contributed by atoms with Crippen molar-refractivity contribution in [2.45, 2.75) is 19.9 Å². The van der Waals surface area contributed by atoms with Gasteiger partial charge in [-0.15, -0.1) is 0 Å². The highest BCUT2D eigenvalue weighted by molar-refractivity contribution is 6.31. The number of halogens is 1. The van der Waals surface area contributed by atoms with Gasteiger partial charge in [-0.05, 0) is 25.5 Å². The van der Waals surface area contributed by atoms with Crippen molar-refractivity contribution >= 4 is 17.6 Å². The van der Waals surface area contributed by atoms with Crippen LogP contribution < -0.4 is 5.32 Å². The van der Waals surface area contributed by atoms with Gasteiger partial charge in [-0.3, -0.25) is 4.79 Å². The number of carbonyl (C=O) groups is 1. The third kappa shape index (κ3) is 3.83. The Labute approximate surface area is 101 Å². The SMILES string of the molecule is CCOC(=O)CN[C@H](C)c1ccccc1Cl. The number of esters is 1. The van der Waals surface area contributed by atoms with Gasteiger partial charge in [0.15, 0.2) is 0 Å². The van der Waals surface area contributed by atoms with Gasteiger partial charge in [0.25, 0.3) is 0 Å². The molecule has 0 spiro atoms. The Morgan fingerprint density at radius 3 is 2.81 bits per heavy atom. The summed E-state index contributed by atoms with van der Waals surface area (Å²) in [5.41, 5.74) is 0.980. The third-order valence-corrected chi connectivity index (χ3v) is 2.57. The fraction of sp³-hybridized carbons (Fsp3) is 0.417. The number of nitrogens with one attached hydrogen (secondary N) is 1. The average Bonchev–Trinajstić information content (AvgIpc) is 2.27. The molecule has 1 aromatic carbocycles. The fourth-order valence-electron chi connectivity index (χ4n) is 1.38. The minimum absolute atomic E-state index is 0.0260. The molecule has 1 atom stereocenters. The lowest BCUT2D eigenvalue weighted by atomic mass is 10.1. The van der Waals surface area contributed by atoms with Crippen molar-refractivity contribution < 1.29 is 9.53 Å². The van der Waals surface area contributed by atoms with Gasteiger partial charge >= 0.3 is 5.97 Å². The summed E-state index contributed by atoms with van der Waals surface area (Å²) in [6, 6.07) is 7.59. The summed E-state index contributed by atoms with van der Waals surface area (Å²) >= 11 is 6.04. The average molecular weight is 242 g/mol. The lowest BCUT2D eigenvalue weighted by Gasteiger charge is -2.14. The zero-order valence-corrected chi connectivity index (χ0v) is 10.3. The Balaban J connectivity index is 2.50. The van der Waals surface area contributed by atoms with E-state index in [4.69, 9.17) is 16.3 Å². The van der Waals surface area contributed by atoms with Crippen molar-refractivity contribution in [2.75, 3.05) is 13.2 Å². The van der Waals surface area contributed by atoms with Crippen molar-refractivity contribution in [3.05, 3.63) is 34.9 Å². The van der Waals surface area contributed by atoms with Gasteiger partial charge in [0.05, 0.1) is 13.2 Å². The Morgan fingerprint density at radius 2 is 2.19 bits per heavy atom. The summed E-state index contributed by atoms with van der Waals surface area (Å²) in [6.07, 6.45) is 0. The second-order valence-corrected chi connectivity index (χ2v) is 3.84. The van der Waals surface area contributed by atoms with Crippen LogP contribution in [0, 0.1) is 0 Å². The summed E-state index contributed by atoms with van der Waals surface area (Å²) < 4.78 is 4.82. The molecular formula is C12H16ClNO2.